The van der Waals surface area contributed by atoms with Crippen molar-refractivity contribution in [2.45, 2.75) is 50.5 Å². The number of hydrogen-bond donors (Lipinski definition) is 0. The Labute approximate surface area is 301 Å². The fourth-order valence-corrected chi connectivity index (χ4v) is 9.55. The van der Waals surface area contributed by atoms with E-state index in [0.29, 0.717) is 13.2 Å². The average Bonchev–Trinajstić information content (AvgIpc) is 3.52. The first-order chi connectivity index (χ1) is 25.1. The molecule has 3 heterocycles. The van der Waals surface area contributed by atoms with Gasteiger partial charge >= 0.3 is 0 Å². The number of hydrogen-bond acceptors (Lipinski definition) is 6. The summed E-state index contributed by atoms with van der Waals surface area (Å²) in [6.45, 7) is 11.2. The fourth-order valence-electron chi connectivity index (χ4n) is 9.55. The summed E-state index contributed by atoms with van der Waals surface area (Å²) in [6, 6.07) is 22.8. The number of allylic oxidation sites excluding steroid dienone is 3. The smallest absolute Gasteiger partial charge is 0.174 e. The molecular weight excluding hydrogens is 633 g/mol. The fraction of sp³-hybridized carbons (Fsp3) is 0.378. The molecule has 2 fully saturated rings. The maximum atomic E-state index is 7.72. The highest BCUT2D eigenvalue weighted by atomic mass is 16.5. The van der Waals surface area contributed by atoms with Crippen LogP contribution in [0.2, 0.25) is 0 Å². The number of rotatable bonds is 7. The normalized spacial score (nSPS) is 21.9. The van der Waals surface area contributed by atoms with E-state index in [0.717, 1.165) is 93.2 Å². The average molecular weight is 681 g/mol. The van der Waals surface area contributed by atoms with Gasteiger partial charge in [-0.15, -0.1) is 0 Å². The van der Waals surface area contributed by atoms with Crippen LogP contribution in [0.15, 0.2) is 90.5 Å². The zero-order valence-corrected chi connectivity index (χ0v) is 30.2. The van der Waals surface area contributed by atoms with Crippen molar-refractivity contribution in [3.05, 3.63) is 113 Å². The molecule has 0 N–H and O–H groups in total. The van der Waals surface area contributed by atoms with Gasteiger partial charge in [-0.2, -0.15) is 0 Å². The van der Waals surface area contributed by atoms with Crippen molar-refractivity contribution in [2.75, 3.05) is 69.5 Å². The first kappa shape index (κ1) is 32.4. The van der Waals surface area contributed by atoms with Gasteiger partial charge in [0.2, 0.25) is 0 Å². The van der Waals surface area contributed by atoms with Crippen molar-refractivity contribution in [3.63, 3.8) is 0 Å². The Hall–Kier alpha value is -4.52. The molecule has 1 unspecified atom stereocenters. The molecular formula is C45H48N2O4. The second-order valence-corrected chi connectivity index (χ2v) is 14.5. The Morgan fingerprint density at radius 3 is 2.24 bits per heavy atom. The van der Waals surface area contributed by atoms with Gasteiger partial charge in [0.05, 0.1) is 39.2 Å². The molecule has 0 radical (unpaired) electrons. The number of fused-ring (bicyclic) bond motifs is 8. The molecule has 0 saturated carbocycles. The molecule has 5 aliphatic rings. The molecule has 2 saturated heterocycles. The zero-order chi connectivity index (χ0) is 34.6. The largest absolute Gasteiger partial charge is 0.495 e. The van der Waals surface area contributed by atoms with Crippen molar-refractivity contribution in [2.24, 2.45) is 0 Å². The third-order valence-corrected chi connectivity index (χ3v) is 12.3. The van der Waals surface area contributed by atoms with Crippen LogP contribution in [-0.4, -0.2) is 59.7 Å². The highest BCUT2D eigenvalue weighted by Gasteiger charge is 2.47. The van der Waals surface area contributed by atoms with Crippen LogP contribution in [0.3, 0.4) is 0 Å². The molecule has 0 bridgehead atoms. The van der Waals surface area contributed by atoms with E-state index in [2.05, 4.69) is 115 Å². The molecule has 0 aromatic heterocycles. The third kappa shape index (κ3) is 4.97. The summed E-state index contributed by atoms with van der Waals surface area (Å²) in [4.78, 5) is 4.83. The van der Waals surface area contributed by atoms with E-state index in [9.17, 15) is 0 Å². The van der Waals surface area contributed by atoms with Crippen LogP contribution in [0.4, 0.5) is 11.4 Å². The zero-order valence-electron chi connectivity index (χ0n) is 30.2. The Morgan fingerprint density at radius 1 is 0.824 bits per heavy atom. The molecule has 4 aromatic rings. The summed E-state index contributed by atoms with van der Waals surface area (Å²) in [5.74, 6) is 1.82. The molecule has 51 heavy (non-hydrogen) atoms. The molecule has 6 nitrogen and oxygen atoms in total. The molecule has 4 aromatic carbocycles. The number of morpholine rings is 2. The molecule has 3 aliphatic heterocycles. The minimum Gasteiger partial charge on any atom is -0.495 e. The van der Waals surface area contributed by atoms with E-state index in [1.165, 1.54) is 44.5 Å². The lowest BCUT2D eigenvalue weighted by Crippen LogP contribution is -2.37. The van der Waals surface area contributed by atoms with E-state index < -0.39 is 5.60 Å². The van der Waals surface area contributed by atoms with Crippen LogP contribution in [0.25, 0.3) is 28.0 Å². The summed E-state index contributed by atoms with van der Waals surface area (Å²) in [7, 11) is 1.79. The molecule has 0 amide bonds. The van der Waals surface area contributed by atoms with E-state index in [1.54, 1.807) is 7.11 Å². The first-order valence-electron chi connectivity index (χ1n) is 18.9. The van der Waals surface area contributed by atoms with Gasteiger partial charge in [0.15, 0.2) is 5.60 Å². The monoisotopic (exact) mass is 680 g/mol. The molecule has 9 rings (SSSR count). The van der Waals surface area contributed by atoms with Crippen LogP contribution in [0.5, 0.6) is 11.5 Å². The summed E-state index contributed by atoms with van der Waals surface area (Å²) in [5, 5.41) is 2.33. The predicted octanol–water partition coefficient (Wildman–Crippen LogP) is 9.19. The van der Waals surface area contributed by atoms with Crippen LogP contribution < -0.4 is 19.3 Å². The summed E-state index contributed by atoms with van der Waals surface area (Å²) >= 11 is 0. The van der Waals surface area contributed by atoms with Gasteiger partial charge in [-0.1, -0.05) is 74.5 Å². The summed E-state index contributed by atoms with van der Waals surface area (Å²) in [6.07, 6.45) is 15.4. The Balaban J connectivity index is 1.30. The van der Waals surface area contributed by atoms with Crippen molar-refractivity contribution in [3.8, 4) is 22.6 Å². The minimum atomic E-state index is -0.745. The van der Waals surface area contributed by atoms with Gasteiger partial charge in [0, 0.05) is 53.8 Å². The van der Waals surface area contributed by atoms with E-state index in [-0.39, 0.29) is 5.41 Å². The predicted molar refractivity (Wildman–Crippen MR) is 208 cm³/mol. The lowest BCUT2D eigenvalue weighted by atomic mass is 9.71. The number of ether oxygens (including phenoxy) is 4. The number of methoxy groups -OCH3 is 1. The Morgan fingerprint density at radius 2 is 1.55 bits per heavy atom. The molecule has 6 heteroatoms. The number of anilines is 2. The Bertz CT molecular complexity index is 2060. The van der Waals surface area contributed by atoms with E-state index in [1.807, 2.05) is 0 Å². The lowest BCUT2D eigenvalue weighted by molar-refractivity contribution is 0.122. The van der Waals surface area contributed by atoms with Gasteiger partial charge in [-0.25, -0.2) is 0 Å². The Kier molecular flexibility index (Phi) is 8.20. The standard InChI is InChI=1S/C45H48N2O4/c1-4-44(5-2)38-14-10-9-13-34(38)41-36-29-39(47-23-27-50-28-24-47)40(48-3)30-37(36)43-35(42(41)44)19-20-45(51-43,31-11-7-6-8-12-31)32-15-17-33(18-16-32)46-21-25-49-26-22-46/h6-7,9-11,13-20,29-30H,4-5,8,12,21-28H2,1-3H3. The van der Waals surface area contributed by atoms with E-state index >= 15 is 0 Å². The molecule has 262 valence electrons. The summed E-state index contributed by atoms with van der Waals surface area (Å²) < 4.78 is 25.3. The van der Waals surface area contributed by atoms with Gasteiger partial charge < -0.3 is 28.7 Å². The van der Waals surface area contributed by atoms with Crippen LogP contribution >= 0.6 is 0 Å². The topological polar surface area (TPSA) is 43.4 Å². The van der Waals surface area contributed by atoms with Crippen molar-refractivity contribution in [1.29, 1.82) is 0 Å². The van der Waals surface area contributed by atoms with Gasteiger partial charge in [-0.05, 0) is 89.2 Å². The maximum Gasteiger partial charge on any atom is 0.174 e. The maximum absolute atomic E-state index is 7.72. The molecule has 1 atom stereocenters. The number of nitrogens with zero attached hydrogens (tertiary/aromatic N) is 2. The van der Waals surface area contributed by atoms with Gasteiger partial charge in [0.25, 0.3) is 0 Å². The van der Waals surface area contributed by atoms with Crippen LogP contribution in [0, 0.1) is 0 Å². The highest BCUT2D eigenvalue weighted by molar-refractivity contribution is 6.10. The van der Waals surface area contributed by atoms with Crippen molar-refractivity contribution >= 4 is 28.2 Å². The minimum absolute atomic E-state index is 0.121. The second kappa shape index (κ2) is 12.9. The molecule has 0 spiro atoms. The highest BCUT2D eigenvalue weighted by Crippen LogP contribution is 2.61. The van der Waals surface area contributed by atoms with Crippen LogP contribution in [-0.2, 0) is 20.5 Å². The SMILES string of the molecule is CCC1(CC)c2ccccc2-c2c1c1c(c3cc(OC)c(N4CCOCC4)cc23)OC(C2=CC=CCC2)(c2ccc(N3CCOCC3)cc2)C=C1. The van der Waals surface area contributed by atoms with Crippen LogP contribution in [0.1, 0.15) is 61.8 Å². The van der Waals surface area contributed by atoms with E-state index in [4.69, 9.17) is 18.9 Å². The quantitative estimate of drug-likeness (QED) is 0.194. The molecule has 2 aliphatic carbocycles. The second-order valence-electron chi connectivity index (χ2n) is 14.5. The van der Waals surface area contributed by atoms with Gasteiger partial charge in [0.1, 0.15) is 11.5 Å². The van der Waals surface area contributed by atoms with Crippen molar-refractivity contribution < 1.29 is 18.9 Å². The lowest BCUT2D eigenvalue weighted by Gasteiger charge is -2.41. The summed E-state index contributed by atoms with van der Waals surface area (Å²) in [5.41, 5.74) is 10.6. The number of benzene rings is 4. The van der Waals surface area contributed by atoms with Gasteiger partial charge in [-0.3, -0.25) is 0 Å². The van der Waals surface area contributed by atoms with Crippen molar-refractivity contribution in [1.82, 2.24) is 0 Å². The third-order valence-electron chi connectivity index (χ3n) is 12.3. The first-order valence-corrected chi connectivity index (χ1v) is 18.9.